The largest absolute Gasteiger partial charge is 0.466 e. The molecular weight excluding hydrogens is 299 g/mol. The maximum atomic E-state index is 12.9. The highest BCUT2D eigenvalue weighted by atomic mass is 79.9. The van der Waals surface area contributed by atoms with Crippen LogP contribution in [0.3, 0.4) is 0 Å². The molecule has 0 atom stereocenters. The molecule has 0 unspecified atom stereocenters. The van der Waals surface area contributed by atoms with Crippen molar-refractivity contribution in [2.45, 2.75) is 6.54 Å². The lowest BCUT2D eigenvalue weighted by molar-refractivity contribution is 0.447. The minimum absolute atomic E-state index is 0.143. The van der Waals surface area contributed by atoms with Crippen LogP contribution in [0.15, 0.2) is 33.4 Å². The van der Waals surface area contributed by atoms with Crippen LogP contribution in [0, 0.1) is 17.5 Å². The quantitative estimate of drug-likeness (QED) is 0.865. The predicted octanol–water partition coefficient (Wildman–Crippen LogP) is 4.07. The number of anilines is 1. The Kier molecular flexibility index (Phi) is 3.42. The number of benzene rings is 1. The molecular formula is C11H7BrF3NO. The standard InChI is InChI=1S/C11H7BrF3NO/c12-7-1-2-17-10(7)5-16-6-3-8(13)11(15)9(14)4-6/h1-4,16H,5H2. The maximum Gasteiger partial charge on any atom is 0.194 e. The summed E-state index contributed by atoms with van der Waals surface area (Å²) in [5, 5.41) is 2.73. The third-order valence-corrected chi connectivity index (χ3v) is 2.83. The van der Waals surface area contributed by atoms with Crippen LogP contribution in [0.4, 0.5) is 18.9 Å². The molecule has 0 saturated heterocycles. The first kappa shape index (κ1) is 12.0. The van der Waals surface area contributed by atoms with Crippen molar-refractivity contribution < 1.29 is 17.6 Å². The molecule has 17 heavy (non-hydrogen) atoms. The van der Waals surface area contributed by atoms with Crippen molar-refractivity contribution >= 4 is 21.6 Å². The van der Waals surface area contributed by atoms with Gasteiger partial charge >= 0.3 is 0 Å². The van der Waals surface area contributed by atoms with Gasteiger partial charge < -0.3 is 9.73 Å². The van der Waals surface area contributed by atoms with Crippen molar-refractivity contribution in [3.05, 3.63) is 52.1 Å². The molecule has 2 aromatic rings. The lowest BCUT2D eigenvalue weighted by atomic mass is 10.3. The van der Waals surface area contributed by atoms with E-state index < -0.39 is 17.5 Å². The average Bonchev–Trinajstić information content (AvgIpc) is 2.69. The first-order valence-electron chi connectivity index (χ1n) is 4.68. The average molecular weight is 306 g/mol. The summed E-state index contributed by atoms with van der Waals surface area (Å²) < 4.78 is 44.3. The summed E-state index contributed by atoms with van der Waals surface area (Å²) in [6.07, 6.45) is 1.48. The van der Waals surface area contributed by atoms with E-state index in [-0.39, 0.29) is 12.2 Å². The molecule has 0 aliphatic carbocycles. The van der Waals surface area contributed by atoms with Gasteiger partial charge in [0.2, 0.25) is 0 Å². The Bertz CT molecular complexity index is 518. The Hall–Kier alpha value is -1.43. The number of furan rings is 1. The summed E-state index contributed by atoms with van der Waals surface area (Å²) in [5.41, 5.74) is 0.143. The van der Waals surface area contributed by atoms with Crippen molar-refractivity contribution in [2.75, 3.05) is 5.32 Å². The van der Waals surface area contributed by atoms with Crippen molar-refractivity contribution in [3.63, 3.8) is 0 Å². The van der Waals surface area contributed by atoms with Gasteiger partial charge in [-0.1, -0.05) is 0 Å². The molecule has 90 valence electrons. The Morgan fingerprint density at radius 3 is 2.35 bits per heavy atom. The highest BCUT2D eigenvalue weighted by Gasteiger charge is 2.11. The molecule has 0 spiro atoms. The molecule has 0 aliphatic heterocycles. The van der Waals surface area contributed by atoms with Gasteiger partial charge in [-0.05, 0) is 22.0 Å². The molecule has 1 aromatic carbocycles. The summed E-state index contributed by atoms with van der Waals surface area (Å²) >= 11 is 3.24. The zero-order valence-electron chi connectivity index (χ0n) is 8.44. The Morgan fingerprint density at radius 2 is 1.82 bits per heavy atom. The smallest absolute Gasteiger partial charge is 0.194 e. The molecule has 0 bridgehead atoms. The van der Waals surface area contributed by atoms with Gasteiger partial charge in [-0.3, -0.25) is 0 Å². The summed E-state index contributed by atoms with van der Waals surface area (Å²) in [6.45, 7) is 0.234. The molecule has 0 fully saturated rings. The van der Waals surface area contributed by atoms with E-state index in [2.05, 4.69) is 21.2 Å². The molecule has 6 heteroatoms. The normalized spacial score (nSPS) is 10.6. The van der Waals surface area contributed by atoms with Crippen LogP contribution in [0.5, 0.6) is 0 Å². The van der Waals surface area contributed by atoms with Crippen LogP contribution in [0.2, 0.25) is 0 Å². The van der Waals surface area contributed by atoms with Gasteiger partial charge in [-0.25, -0.2) is 13.2 Å². The van der Waals surface area contributed by atoms with Gasteiger partial charge in [0, 0.05) is 17.8 Å². The third kappa shape index (κ3) is 2.63. The lowest BCUT2D eigenvalue weighted by Gasteiger charge is -2.06. The summed E-state index contributed by atoms with van der Waals surface area (Å²) in [7, 11) is 0. The SMILES string of the molecule is Fc1cc(NCc2occc2Br)cc(F)c1F. The number of hydrogen-bond donors (Lipinski definition) is 1. The molecule has 2 nitrogen and oxygen atoms in total. The second-order valence-electron chi connectivity index (χ2n) is 3.30. The Morgan fingerprint density at radius 1 is 1.18 bits per heavy atom. The second-order valence-corrected chi connectivity index (χ2v) is 4.15. The van der Waals surface area contributed by atoms with Crippen molar-refractivity contribution in [3.8, 4) is 0 Å². The fraction of sp³-hybridized carbons (Fsp3) is 0.0909. The number of nitrogens with one attached hydrogen (secondary N) is 1. The summed E-state index contributed by atoms with van der Waals surface area (Å²) in [6, 6.07) is 3.47. The fourth-order valence-electron chi connectivity index (χ4n) is 1.29. The Balaban J connectivity index is 2.12. The molecule has 1 N–H and O–H groups in total. The lowest BCUT2D eigenvalue weighted by Crippen LogP contribution is -2.01. The van der Waals surface area contributed by atoms with E-state index in [1.807, 2.05) is 0 Å². The van der Waals surface area contributed by atoms with E-state index in [9.17, 15) is 13.2 Å². The Labute approximate surface area is 104 Å². The van der Waals surface area contributed by atoms with Crippen LogP contribution in [0.1, 0.15) is 5.76 Å². The highest BCUT2D eigenvalue weighted by molar-refractivity contribution is 9.10. The molecule has 0 aliphatic rings. The highest BCUT2D eigenvalue weighted by Crippen LogP contribution is 2.21. The third-order valence-electron chi connectivity index (χ3n) is 2.13. The first-order chi connectivity index (χ1) is 8.08. The number of halogens is 4. The van der Waals surface area contributed by atoms with Crippen molar-refractivity contribution in [1.29, 1.82) is 0 Å². The van der Waals surface area contributed by atoms with Gasteiger partial charge in [0.15, 0.2) is 17.5 Å². The first-order valence-corrected chi connectivity index (χ1v) is 5.47. The van der Waals surface area contributed by atoms with Crippen LogP contribution in [-0.2, 0) is 6.54 Å². The molecule has 0 radical (unpaired) electrons. The molecule has 0 saturated carbocycles. The predicted molar refractivity (Wildman–Crippen MR) is 60.1 cm³/mol. The summed E-state index contributed by atoms with van der Waals surface area (Å²) in [4.78, 5) is 0. The molecule has 1 heterocycles. The molecule has 2 rings (SSSR count). The second kappa shape index (κ2) is 4.83. The van der Waals surface area contributed by atoms with Crippen molar-refractivity contribution in [2.24, 2.45) is 0 Å². The van der Waals surface area contributed by atoms with E-state index >= 15 is 0 Å². The molecule has 0 amide bonds. The monoisotopic (exact) mass is 305 g/mol. The van der Waals surface area contributed by atoms with Crippen LogP contribution in [0.25, 0.3) is 0 Å². The van der Waals surface area contributed by atoms with Gasteiger partial charge in [0.25, 0.3) is 0 Å². The van der Waals surface area contributed by atoms with Crippen LogP contribution in [-0.4, -0.2) is 0 Å². The van der Waals surface area contributed by atoms with Crippen LogP contribution >= 0.6 is 15.9 Å². The number of hydrogen-bond acceptors (Lipinski definition) is 2. The van der Waals surface area contributed by atoms with E-state index in [0.29, 0.717) is 5.76 Å². The zero-order chi connectivity index (χ0) is 12.4. The minimum Gasteiger partial charge on any atom is -0.466 e. The molecule has 1 aromatic heterocycles. The fourth-order valence-corrected chi connectivity index (χ4v) is 1.63. The van der Waals surface area contributed by atoms with Crippen molar-refractivity contribution in [1.82, 2.24) is 0 Å². The van der Waals surface area contributed by atoms with E-state index in [4.69, 9.17) is 4.42 Å². The van der Waals surface area contributed by atoms with Gasteiger partial charge in [-0.2, -0.15) is 0 Å². The van der Waals surface area contributed by atoms with E-state index in [1.165, 1.54) is 6.26 Å². The maximum absolute atomic E-state index is 12.9. The topological polar surface area (TPSA) is 25.2 Å². The summed E-state index contributed by atoms with van der Waals surface area (Å²) in [5.74, 6) is -3.36. The van der Waals surface area contributed by atoms with Gasteiger partial charge in [0.05, 0.1) is 17.3 Å². The van der Waals surface area contributed by atoms with Crippen LogP contribution < -0.4 is 5.32 Å². The van der Waals surface area contributed by atoms with E-state index in [0.717, 1.165) is 16.6 Å². The minimum atomic E-state index is -1.48. The zero-order valence-corrected chi connectivity index (χ0v) is 10.0. The van der Waals surface area contributed by atoms with E-state index in [1.54, 1.807) is 6.07 Å². The van der Waals surface area contributed by atoms with Gasteiger partial charge in [0.1, 0.15) is 5.76 Å². The van der Waals surface area contributed by atoms with Gasteiger partial charge in [-0.15, -0.1) is 0 Å². The number of rotatable bonds is 3.